The summed E-state index contributed by atoms with van der Waals surface area (Å²) in [5, 5.41) is 14.0. The fourth-order valence-electron chi connectivity index (χ4n) is 5.82. The number of piperazine rings is 1. The van der Waals surface area contributed by atoms with Crippen LogP contribution in [0.4, 0.5) is 11.5 Å². The van der Waals surface area contributed by atoms with Gasteiger partial charge < -0.3 is 19.9 Å². The molecule has 1 amide bonds. The Morgan fingerprint density at radius 3 is 2.56 bits per heavy atom. The second-order valence-electron chi connectivity index (χ2n) is 9.87. The van der Waals surface area contributed by atoms with Crippen molar-refractivity contribution >= 4 is 28.3 Å². The Morgan fingerprint density at radius 2 is 1.92 bits per heavy atom. The van der Waals surface area contributed by atoms with Crippen LogP contribution in [0.15, 0.2) is 30.3 Å². The summed E-state index contributed by atoms with van der Waals surface area (Å²) in [7, 11) is 1.69. The third-order valence-electron chi connectivity index (χ3n) is 7.63. The van der Waals surface area contributed by atoms with Crippen LogP contribution in [-0.4, -0.2) is 53.1 Å². The van der Waals surface area contributed by atoms with E-state index in [1.807, 2.05) is 43.0 Å². The SMILES string of the molecule is COc1cc2nc(C)nc(N[C@H](C)c3cccc(C#N)c3C)c2cc1N1C2CCC1CN(C(C)=O)C2. The number of aromatic nitrogens is 2. The maximum atomic E-state index is 12.1. The molecule has 2 unspecified atom stereocenters. The highest BCUT2D eigenvalue weighted by molar-refractivity contribution is 5.94. The second-order valence-corrected chi connectivity index (χ2v) is 9.87. The lowest BCUT2D eigenvalue weighted by Crippen LogP contribution is -2.55. The Kier molecular flexibility index (Phi) is 6.17. The Bertz CT molecular complexity index is 1370. The molecule has 2 aliphatic rings. The van der Waals surface area contributed by atoms with Crippen LogP contribution in [0.25, 0.3) is 10.9 Å². The number of hydrogen-bond donors (Lipinski definition) is 1. The summed E-state index contributed by atoms with van der Waals surface area (Å²) in [5.41, 5.74) is 4.54. The van der Waals surface area contributed by atoms with Gasteiger partial charge in [0, 0.05) is 43.5 Å². The number of rotatable bonds is 5. The molecule has 2 aromatic carbocycles. The number of nitriles is 1. The van der Waals surface area contributed by atoms with Crippen LogP contribution < -0.4 is 15.0 Å². The number of nitrogens with zero attached hydrogens (tertiary/aromatic N) is 5. The van der Waals surface area contributed by atoms with Gasteiger partial charge in [0.25, 0.3) is 0 Å². The average molecular weight is 485 g/mol. The largest absolute Gasteiger partial charge is 0.495 e. The molecule has 2 saturated heterocycles. The van der Waals surface area contributed by atoms with Gasteiger partial charge in [-0.05, 0) is 56.9 Å². The lowest BCUT2D eigenvalue weighted by molar-refractivity contribution is -0.129. The predicted molar refractivity (Wildman–Crippen MR) is 140 cm³/mol. The first-order valence-corrected chi connectivity index (χ1v) is 12.5. The molecule has 186 valence electrons. The Hall–Kier alpha value is -3.86. The highest BCUT2D eigenvalue weighted by Crippen LogP contribution is 2.42. The minimum absolute atomic E-state index is 0.0587. The highest BCUT2D eigenvalue weighted by atomic mass is 16.5. The third kappa shape index (κ3) is 4.09. The van der Waals surface area contributed by atoms with Crippen LogP contribution in [-0.2, 0) is 4.79 Å². The minimum Gasteiger partial charge on any atom is -0.495 e. The van der Waals surface area contributed by atoms with Crippen molar-refractivity contribution in [1.82, 2.24) is 14.9 Å². The van der Waals surface area contributed by atoms with Crippen molar-refractivity contribution in [2.24, 2.45) is 0 Å². The number of fused-ring (bicyclic) bond motifs is 3. The van der Waals surface area contributed by atoms with Gasteiger partial charge in [-0.2, -0.15) is 5.26 Å². The number of ether oxygens (including phenoxy) is 1. The molecule has 2 aliphatic heterocycles. The molecular formula is C28H32N6O2. The van der Waals surface area contributed by atoms with E-state index in [2.05, 4.69) is 29.3 Å². The quantitative estimate of drug-likeness (QED) is 0.570. The summed E-state index contributed by atoms with van der Waals surface area (Å²) in [6, 6.07) is 12.7. The van der Waals surface area contributed by atoms with Crippen LogP contribution in [0.5, 0.6) is 5.75 Å². The number of benzene rings is 2. The fourth-order valence-corrected chi connectivity index (χ4v) is 5.82. The van der Waals surface area contributed by atoms with Crippen molar-refractivity contribution in [3.63, 3.8) is 0 Å². The van der Waals surface area contributed by atoms with Gasteiger partial charge in [-0.1, -0.05) is 12.1 Å². The average Bonchev–Trinajstić information content (AvgIpc) is 3.11. The molecule has 8 nitrogen and oxygen atoms in total. The van der Waals surface area contributed by atoms with Crippen molar-refractivity contribution in [3.8, 4) is 11.8 Å². The summed E-state index contributed by atoms with van der Waals surface area (Å²) < 4.78 is 5.84. The lowest BCUT2D eigenvalue weighted by atomic mass is 9.98. The number of methoxy groups -OCH3 is 1. The monoisotopic (exact) mass is 484 g/mol. The zero-order valence-corrected chi connectivity index (χ0v) is 21.5. The molecule has 3 aromatic rings. The fraction of sp³-hybridized carbons (Fsp3) is 0.429. The standard InChI is InChI=1S/C28H32N6O2/c1-16-20(13-29)7-6-8-23(16)17(2)30-28-24-11-26(27(36-5)12-25(24)31-18(3)32-28)34-21-9-10-22(34)15-33(14-21)19(4)35/h6-8,11-12,17,21-22H,9-10,14-15H2,1-5H3,(H,30,31,32)/t17-,21?,22?/m1/s1. The first kappa shape index (κ1) is 23.9. The molecule has 2 bridgehead atoms. The summed E-state index contributed by atoms with van der Waals surface area (Å²) in [6.45, 7) is 9.06. The molecule has 5 rings (SSSR count). The van der Waals surface area contributed by atoms with E-state index in [-0.39, 0.29) is 24.0 Å². The first-order chi connectivity index (χ1) is 17.3. The second kappa shape index (κ2) is 9.30. The molecule has 0 spiro atoms. The van der Waals surface area contributed by atoms with E-state index >= 15 is 0 Å². The smallest absolute Gasteiger partial charge is 0.219 e. The van der Waals surface area contributed by atoms with Crippen molar-refractivity contribution in [1.29, 1.82) is 5.26 Å². The maximum absolute atomic E-state index is 12.1. The topological polar surface area (TPSA) is 94.4 Å². The molecule has 1 aromatic heterocycles. The van der Waals surface area contributed by atoms with E-state index in [1.54, 1.807) is 14.0 Å². The molecule has 0 saturated carbocycles. The minimum atomic E-state index is -0.0587. The van der Waals surface area contributed by atoms with E-state index in [1.165, 1.54) is 0 Å². The molecule has 8 heteroatoms. The molecule has 1 N–H and O–H groups in total. The first-order valence-electron chi connectivity index (χ1n) is 12.5. The molecular weight excluding hydrogens is 452 g/mol. The van der Waals surface area contributed by atoms with Crippen LogP contribution in [0.3, 0.4) is 0 Å². The zero-order valence-electron chi connectivity index (χ0n) is 21.5. The van der Waals surface area contributed by atoms with Crippen molar-refractivity contribution in [2.75, 3.05) is 30.4 Å². The lowest BCUT2D eigenvalue weighted by Gasteiger charge is -2.42. The number of aryl methyl sites for hydroxylation is 1. The van der Waals surface area contributed by atoms with Gasteiger partial charge in [-0.25, -0.2) is 9.97 Å². The van der Waals surface area contributed by atoms with Crippen molar-refractivity contribution in [3.05, 3.63) is 52.8 Å². The van der Waals surface area contributed by atoms with Crippen LogP contribution in [0.2, 0.25) is 0 Å². The van der Waals surface area contributed by atoms with Crippen LogP contribution >= 0.6 is 0 Å². The van der Waals surface area contributed by atoms with Gasteiger partial charge in [-0.3, -0.25) is 4.79 Å². The Labute approximate surface area is 211 Å². The highest BCUT2D eigenvalue weighted by Gasteiger charge is 2.42. The Balaban J connectivity index is 1.56. The number of hydrogen-bond acceptors (Lipinski definition) is 7. The van der Waals surface area contributed by atoms with Crippen LogP contribution in [0, 0.1) is 25.2 Å². The van der Waals surface area contributed by atoms with Crippen LogP contribution in [0.1, 0.15) is 55.2 Å². The van der Waals surface area contributed by atoms with E-state index in [0.29, 0.717) is 11.4 Å². The summed E-state index contributed by atoms with van der Waals surface area (Å²) in [4.78, 5) is 25.9. The number of carbonyl (C=O) groups excluding carboxylic acids is 1. The molecule has 0 aliphatic carbocycles. The normalized spacial score (nSPS) is 19.8. The van der Waals surface area contributed by atoms with Gasteiger partial charge in [0.15, 0.2) is 0 Å². The van der Waals surface area contributed by atoms with Crippen molar-refractivity contribution in [2.45, 2.75) is 58.7 Å². The van der Waals surface area contributed by atoms with E-state index in [4.69, 9.17) is 14.7 Å². The molecule has 3 atom stereocenters. The number of nitrogens with one attached hydrogen (secondary N) is 1. The van der Waals surface area contributed by atoms with E-state index < -0.39 is 0 Å². The van der Waals surface area contributed by atoms with Gasteiger partial charge >= 0.3 is 0 Å². The number of amides is 1. The summed E-state index contributed by atoms with van der Waals surface area (Å²) >= 11 is 0. The summed E-state index contributed by atoms with van der Waals surface area (Å²) in [6.07, 6.45) is 2.10. The maximum Gasteiger partial charge on any atom is 0.219 e. The predicted octanol–water partition coefficient (Wildman–Crippen LogP) is 4.50. The van der Waals surface area contributed by atoms with Gasteiger partial charge in [-0.15, -0.1) is 0 Å². The molecule has 3 heterocycles. The van der Waals surface area contributed by atoms with Gasteiger partial charge in [0.1, 0.15) is 17.4 Å². The zero-order chi connectivity index (χ0) is 25.6. The van der Waals surface area contributed by atoms with E-state index in [9.17, 15) is 10.1 Å². The Morgan fingerprint density at radius 1 is 1.19 bits per heavy atom. The number of likely N-dealkylation sites (tertiary alicyclic amines) is 1. The molecule has 0 radical (unpaired) electrons. The summed E-state index contributed by atoms with van der Waals surface area (Å²) in [5.74, 6) is 2.34. The van der Waals surface area contributed by atoms with Gasteiger partial charge in [0.05, 0.1) is 36.0 Å². The number of anilines is 2. The van der Waals surface area contributed by atoms with E-state index in [0.717, 1.165) is 65.2 Å². The number of carbonyl (C=O) groups is 1. The molecule has 36 heavy (non-hydrogen) atoms. The molecule has 2 fully saturated rings. The van der Waals surface area contributed by atoms with Crippen molar-refractivity contribution < 1.29 is 9.53 Å². The third-order valence-corrected chi connectivity index (χ3v) is 7.63. The van der Waals surface area contributed by atoms with Gasteiger partial charge in [0.2, 0.25) is 5.91 Å².